The molecule has 1 N–H and O–H groups in total. The van der Waals surface area contributed by atoms with Gasteiger partial charge in [-0.2, -0.15) is 0 Å². The first kappa shape index (κ1) is 30.8. The number of benzene rings is 4. The SMILES string of the molecule is CNC(=O)[C@H](Cc1ccccc1)N(Cc1ccccc1C)C(=O)CN(c1ccc(C)cc1)S(=O)(=O)c1ccc(Cl)cc1. The van der Waals surface area contributed by atoms with Crippen molar-refractivity contribution in [1.82, 2.24) is 10.2 Å². The number of halogens is 1. The average molecular weight is 604 g/mol. The summed E-state index contributed by atoms with van der Waals surface area (Å²) in [5, 5.41) is 3.09. The number of likely N-dealkylation sites (N-methyl/N-ethyl adjacent to an activating group) is 1. The second-order valence-electron chi connectivity index (χ2n) is 10.1. The molecule has 0 aliphatic heterocycles. The predicted molar refractivity (Wildman–Crippen MR) is 167 cm³/mol. The Hall–Kier alpha value is -4.14. The minimum Gasteiger partial charge on any atom is -0.357 e. The third-order valence-corrected chi connectivity index (χ3v) is 9.16. The molecule has 2 amide bonds. The molecular formula is C33H34ClN3O4S. The summed E-state index contributed by atoms with van der Waals surface area (Å²) in [5.74, 6) is -0.857. The normalized spacial score (nSPS) is 11.9. The number of hydrogen-bond acceptors (Lipinski definition) is 4. The number of anilines is 1. The average Bonchev–Trinajstić information content (AvgIpc) is 2.99. The van der Waals surface area contributed by atoms with E-state index in [9.17, 15) is 18.0 Å². The maximum absolute atomic E-state index is 14.3. The van der Waals surface area contributed by atoms with Crippen LogP contribution in [0.4, 0.5) is 5.69 Å². The van der Waals surface area contributed by atoms with Crippen molar-refractivity contribution >= 4 is 39.1 Å². The summed E-state index contributed by atoms with van der Waals surface area (Å²) in [4.78, 5) is 29.1. The Kier molecular flexibility index (Phi) is 10.0. The molecule has 42 heavy (non-hydrogen) atoms. The van der Waals surface area contributed by atoms with E-state index in [2.05, 4.69) is 5.32 Å². The highest BCUT2D eigenvalue weighted by Gasteiger charge is 2.34. The molecule has 0 radical (unpaired) electrons. The standard InChI is InChI=1S/C33H34ClN3O4S/c1-24-13-17-29(18-14-24)37(42(40,41)30-19-15-28(34)16-20-30)23-32(38)36(22-27-12-8-7-9-25(27)2)31(33(39)35-3)21-26-10-5-4-6-11-26/h4-20,31H,21-23H2,1-3H3,(H,35,39)/t31-/m0/s1. The van der Waals surface area contributed by atoms with Gasteiger partial charge in [0.1, 0.15) is 12.6 Å². The van der Waals surface area contributed by atoms with Gasteiger partial charge in [0.15, 0.2) is 0 Å². The zero-order valence-corrected chi connectivity index (χ0v) is 25.4. The molecule has 0 heterocycles. The molecule has 1 atom stereocenters. The van der Waals surface area contributed by atoms with Gasteiger partial charge >= 0.3 is 0 Å². The number of carbonyl (C=O) groups is 2. The molecule has 218 valence electrons. The van der Waals surface area contributed by atoms with Gasteiger partial charge in [-0.25, -0.2) is 8.42 Å². The van der Waals surface area contributed by atoms with Crippen LogP contribution in [0.25, 0.3) is 0 Å². The molecule has 4 aromatic rings. The molecule has 4 aromatic carbocycles. The van der Waals surface area contributed by atoms with E-state index in [1.807, 2.05) is 68.4 Å². The largest absolute Gasteiger partial charge is 0.357 e. The molecule has 0 bridgehead atoms. The number of carbonyl (C=O) groups excluding carboxylic acids is 2. The Balaban J connectivity index is 1.79. The Morgan fingerprint density at radius 1 is 0.833 bits per heavy atom. The molecule has 0 aliphatic carbocycles. The molecule has 7 nitrogen and oxygen atoms in total. The van der Waals surface area contributed by atoms with E-state index in [0.717, 1.165) is 26.6 Å². The molecule has 0 saturated carbocycles. The second kappa shape index (κ2) is 13.7. The Morgan fingerprint density at radius 2 is 1.45 bits per heavy atom. The highest BCUT2D eigenvalue weighted by atomic mass is 35.5. The molecule has 0 aromatic heterocycles. The van der Waals surface area contributed by atoms with Crippen LogP contribution in [-0.2, 0) is 32.6 Å². The van der Waals surface area contributed by atoms with Crippen molar-refractivity contribution in [2.45, 2.75) is 37.8 Å². The fourth-order valence-electron chi connectivity index (χ4n) is 4.67. The van der Waals surface area contributed by atoms with Crippen molar-refractivity contribution in [2.75, 3.05) is 17.9 Å². The van der Waals surface area contributed by atoms with E-state index in [0.29, 0.717) is 10.7 Å². The fourth-order valence-corrected chi connectivity index (χ4v) is 6.21. The lowest BCUT2D eigenvalue weighted by atomic mass is 10.0. The van der Waals surface area contributed by atoms with Gasteiger partial charge in [-0.3, -0.25) is 13.9 Å². The van der Waals surface area contributed by atoms with E-state index >= 15 is 0 Å². The quantitative estimate of drug-likeness (QED) is 0.244. The lowest BCUT2D eigenvalue weighted by Gasteiger charge is -2.34. The van der Waals surface area contributed by atoms with Crippen LogP contribution < -0.4 is 9.62 Å². The topological polar surface area (TPSA) is 86.8 Å². The summed E-state index contributed by atoms with van der Waals surface area (Å²) in [6.45, 7) is 3.45. The van der Waals surface area contributed by atoms with Gasteiger partial charge in [-0.05, 0) is 66.9 Å². The maximum atomic E-state index is 14.3. The zero-order chi connectivity index (χ0) is 30.3. The smallest absolute Gasteiger partial charge is 0.264 e. The van der Waals surface area contributed by atoms with Crippen molar-refractivity contribution in [3.8, 4) is 0 Å². The lowest BCUT2D eigenvalue weighted by molar-refractivity contribution is -0.139. The van der Waals surface area contributed by atoms with Crippen LogP contribution in [-0.4, -0.2) is 44.8 Å². The molecule has 0 aliphatic rings. The van der Waals surface area contributed by atoms with E-state index < -0.39 is 28.5 Å². The zero-order valence-electron chi connectivity index (χ0n) is 23.8. The van der Waals surface area contributed by atoms with Gasteiger partial charge in [0, 0.05) is 25.0 Å². The van der Waals surface area contributed by atoms with Crippen LogP contribution >= 0.6 is 11.6 Å². The molecule has 9 heteroatoms. The maximum Gasteiger partial charge on any atom is 0.264 e. The van der Waals surface area contributed by atoms with Gasteiger partial charge in [0.2, 0.25) is 11.8 Å². The molecule has 0 saturated heterocycles. The number of sulfonamides is 1. The predicted octanol–water partition coefficient (Wildman–Crippen LogP) is 5.54. The Labute approximate surface area is 252 Å². The highest BCUT2D eigenvalue weighted by molar-refractivity contribution is 7.92. The summed E-state index contributed by atoms with van der Waals surface area (Å²) < 4.78 is 29.1. The van der Waals surface area contributed by atoms with Crippen molar-refractivity contribution in [1.29, 1.82) is 0 Å². The van der Waals surface area contributed by atoms with Crippen LogP contribution in [0.15, 0.2) is 108 Å². The van der Waals surface area contributed by atoms with Gasteiger partial charge in [0.05, 0.1) is 10.6 Å². The molecule has 4 rings (SSSR count). The van der Waals surface area contributed by atoms with Crippen molar-refractivity contribution in [3.63, 3.8) is 0 Å². The van der Waals surface area contributed by atoms with E-state index in [4.69, 9.17) is 11.6 Å². The van der Waals surface area contributed by atoms with Crippen molar-refractivity contribution in [3.05, 3.63) is 130 Å². The number of nitrogens with one attached hydrogen (secondary N) is 1. The first-order valence-electron chi connectivity index (χ1n) is 13.5. The van der Waals surface area contributed by atoms with Gasteiger partial charge in [0.25, 0.3) is 10.0 Å². The van der Waals surface area contributed by atoms with Crippen LogP contribution in [0, 0.1) is 13.8 Å². The minimum atomic E-state index is -4.18. The summed E-state index contributed by atoms with van der Waals surface area (Å²) in [5.41, 5.74) is 3.96. The van der Waals surface area contributed by atoms with Gasteiger partial charge in [-0.1, -0.05) is 83.9 Å². The van der Waals surface area contributed by atoms with Gasteiger partial charge < -0.3 is 10.2 Å². The van der Waals surface area contributed by atoms with Crippen LogP contribution in [0.2, 0.25) is 5.02 Å². The minimum absolute atomic E-state index is 0.00198. The Morgan fingerprint density at radius 3 is 2.07 bits per heavy atom. The Bertz CT molecular complexity index is 1630. The summed E-state index contributed by atoms with van der Waals surface area (Å²) in [6, 6.07) is 28.9. The molecule has 0 unspecified atom stereocenters. The number of hydrogen-bond donors (Lipinski definition) is 1. The summed E-state index contributed by atoms with van der Waals surface area (Å²) >= 11 is 6.03. The monoisotopic (exact) mass is 603 g/mol. The van der Waals surface area contributed by atoms with Gasteiger partial charge in [-0.15, -0.1) is 0 Å². The summed E-state index contributed by atoms with van der Waals surface area (Å²) in [6.07, 6.45) is 0.257. The van der Waals surface area contributed by atoms with E-state index in [1.54, 1.807) is 24.3 Å². The first-order chi connectivity index (χ1) is 20.1. The summed E-state index contributed by atoms with van der Waals surface area (Å²) in [7, 11) is -2.65. The van der Waals surface area contributed by atoms with Crippen LogP contribution in [0.3, 0.4) is 0 Å². The van der Waals surface area contributed by atoms with E-state index in [1.165, 1.54) is 36.2 Å². The van der Waals surface area contributed by atoms with Crippen molar-refractivity contribution in [2.24, 2.45) is 0 Å². The molecule has 0 spiro atoms. The third kappa shape index (κ3) is 7.38. The highest BCUT2D eigenvalue weighted by Crippen LogP contribution is 2.26. The second-order valence-corrected chi connectivity index (χ2v) is 12.4. The number of amides is 2. The van der Waals surface area contributed by atoms with Crippen LogP contribution in [0.1, 0.15) is 22.3 Å². The third-order valence-electron chi connectivity index (χ3n) is 7.12. The molecule has 0 fully saturated rings. The van der Waals surface area contributed by atoms with Crippen molar-refractivity contribution < 1.29 is 18.0 Å². The van der Waals surface area contributed by atoms with Crippen LogP contribution in [0.5, 0.6) is 0 Å². The number of nitrogens with zero attached hydrogens (tertiary/aromatic N) is 2. The van der Waals surface area contributed by atoms with E-state index in [-0.39, 0.29) is 23.8 Å². The molecular weight excluding hydrogens is 570 g/mol. The lowest BCUT2D eigenvalue weighted by Crippen LogP contribution is -2.53. The fraction of sp³-hybridized carbons (Fsp3) is 0.212. The first-order valence-corrected chi connectivity index (χ1v) is 15.4. The number of aryl methyl sites for hydroxylation is 2. The number of rotatable bonds is 11.